The Morgan fingerprint density at radius 2 is 2.08 bits per heavy atom. The average molecular weight is 332 g/mol. The molecule has 0 saturated carbocycles. The quantitative estimate of drug-likeness (QED) is 0.914. The number of urea groups is 1. The first-order valence-electron chi connectivity index (χ1n) is 8.09. The van der Waals surface area contributed by atoms with E-state index in [1.165, 1.54) is 11.1 Å². The molecule has 7 heteroatoms. The number of aryl methyl sites for hydroxylation is 2. The molecule has 1 aromatic heterocycles. The molecule has 0 radical (unpaired) electrons. The van der Waals surface area contributed by atoms with Gasteiger partial charge in [0.25, 0.3) is 0 Å². The number of halogens is 1. The molecule has 6 nitrogen and oxygen atoms in total. The van der Waals surface area contributed by atoms with Gasteiger partial charge in [-0.3, -0.25) is 4.84 Å². The molecule has 0 bridgehead atoms. The van der Waals surface area contributed by atoms with Crippen LogP contribution in [-0.4, -0.2) is 34.0 Å². The lowest BCUT2D eigenvalue weighted by Gasteiger charge is -2.20. The molecule has 1 saturated heterocycles. The van der Waals surface area contributed by atoms with E-state index < -0.39 is 5.82 Å². The van der Waals surface area contributed by atoms with Crippen LogP contribution in [0.2, 0.25) is 0 Å². The van der Waals surface area contributed by atoms with E-state index in [0.29, 0.717) is 24.5 Å². The standard InChI is InChI=1S/C17H21FN4O2/c1-12-10-13(2)22(20-12)16-7-6-14(11-15(16)18)19-17(23)21-8-4-3-5-9-24-21/h6-7,10-11H,3-5,8-9H2,1-2H3,(H,19,23). The molecular weight excluding hydrogens is 311 g/mol. The predicted octanol–water partition coefficient (Wildman–Crippen LogP) is 3.58. The van der Waals surface area contributed by atoms with Crippen LogP contribution in [0.1, 0.15) is 30.7 Å². The van der Waals surface area contributed by atoms with E-state index in [1.54, 1.807) is 16.8 Å². The smallest absolute Gasteiger partial charge is 0.306 e. The first-order valence-corrected chi connectivity index (χ1v) is 8.09. The molecule has 0 spiro atoms. The van der Waals surface area contributed by atoms with Crippen LogP contribution in [0.5, 0.6) is 0 Å². The summed E-state index contributed by atoms with van der Waals surface area (Å²) in [5, 5.41) is 8.25. The lowest BCUT2D eigenvalue weighted by atomic mass is 10.2. The van der Waals surface area contributed by atoms with Gasteiger partial charge < -0.3 is 5.32 Å². The van der Waals surface area contributed by atoms with Gasteiger partial charge in [0.2, 0.25) is 0 Å². The Bertz CT molecular complexity index is 736. The van der Waals surface area contributed by atoms with Gasteiger partial charge in [0, 0.05) is 11.4 Å². The van der Waals surface area contributed by atoms with Crippen LogP contribution in [0, 0.1) is 19.7 Å². The number of anilines is 1. The molecule has 2 heterocycles. The maximum absolute atomic E-state index is 14.4. The number of amides is 2. The van der Waals surface area contributed by atoms with Gasteiger partial charge in [-0.25, -0.2) is 18.9 Å². The largest absolute Gasteiger partial charge is 0.345 e. The van der Waals surface area contributed by atoms with Crippen molar-refractivity contribution in [3.8, 4) is 5.69 Å². The van der Waals surface area contributed by atoms with E-state index in [0.717, 1.165) is 30.7 Å². The third-order valence-corrected chi connectivity index (χ3v) is 3.92. The highest BCUT2D eigenvalue weighted by atomic mass is 19.1. The lowest BCUT2D eigenvalue weighted by molar-refractivity contribution is -0.104. The van der Waals surface area contributed by atoms with E-state index >= 15 is 0 Å². The minimum Gasteiger partial charge on any atom is -0.306 e. The van der Waals surface area contributed by atoms with Gasteiger partial charge in [-0.15, -0.1) is 0 Å². The molecule has 1 aliphatic rings. The molecule has 1 aromatic carbocycles. The third kappa shape index (κ3) is 3.56. The number of benzene rings is 1. The number of carbonyl (C=O) groups is 1. The van der Waals surface area contributed by atoms with Gasteiger partial charge in [0.1, 0.15) is 5.69 Å². The SMILES string of the molecule is Cc1cc(C)n(-c2ccc(NC(=O)N3CCCCCO3)cc2F)n1. The average Bonchev–Trinajstić information content (AvgIpc) is 2.76. The van der Waals surface area contributed by atoms with Crippen molar-refractivity contribution in [2.45, 2.75) is 33.1 Å². The fourth-order valence-electron chi connectivity index (χ4n) is 2.75. The van der Waals surface area contributed by atoms with Crippen molar-refractivity contribution in [2.75, 3.05) is 18.5 Å². The molecule has 2 aromatic rings. The van der Waals surface area contributed by atoms with Gasteiger partial charge in [-0.2, -0.15) is 5.10 Å². The molecule has 1 aliphatic heterocycles. The highest BCUT2D eigenvalue weighted by molar-refractivity contribution is 5.88. The number of hydrogen-bond acceptors (Lipinski definition) is 3. The van der Waals surface area contributed by atoms with Gasteiger partial charge >= 0.3 is 6.03 Å². The summed E-state index contributed by atoms with van der Waals surface area (Å²) in [6, 6.07) is 6.06. The second-order valence-electron chi connectivity index (χ2n) is 5.93. The Balaban J connectivity index is 1.75. The zero-order valence-electron chi connectivity index (χ0n) is 13.9. The number of aromatic nitrogens is 2. The molecule has 0 atom stereocenters. The fraction of sp³-hybridized carbons (Fsp3) is 0.412. The van der Waals surface area contributed by atoms with Crippen molar-refractivity contribution < 1.29 is 14.0 Å². The Morgan fingerprint density at radius 1 is 1.25 bits per heavy atom. The highest BCUT2D eigenvalue weighted by Gasteiger charge is 2.17. The summed E-state index contributed by atoms with van der Waals surface area (Å²) in [6.07, 6.45) is 2.88. The Kier molecular flexibility index (Phi) is 4.80. The number of carbonyl (C=O) groups excluding carboxylic acids is 1. The Hall–Kier alpha value is -2.41. The number of hydrogen-bond donors (Lipinski definition) is 1. The minimum absolute atomic E-state index is 0.352. The molecule has 1 N–H and O–H groups in total. The molecular formula is C17H21FN4O2. The molecule has 128 valence electrons. The second kappa shape index (κ2) is 7.00. The van der Waals surface area contributed by atoms with Crippen LogP contribution in [0.3, 0.4) is 0 Å². The first-order chi connectivity index (χ1) is 11.5. The van der Waals surface area contributed by atoms with Crippen molar-refractivity contribution in [1.29, 1.82) is 0 Å². The van der Waals surface area contributed by atoms with Crippen molar-refractivity contribution in [3.63, 3.8) is 0 Å². The van der Waals surface area contributed by atoms with Gasteiger partial charge in [-0.1, -0.05) is 0 Å². The van der Waals surface area contributed by atoms with Gasteiger partial charge in [-0.05, 0) is 57.4 Å². The van der Waals surface area contributed by atoms with E-state index in [2.05, 4.69) is 10.4 Å². The van der Waals surface area contributed by atoms with E-state index in [9.17, 15) is 9.18 Å². The van der Waals surface area contributed by atoms with Crippen molar-refractivity contribution >= 4 is 11.7 Å². The number of rotatable bonds is 2. The number of hydroxylamine groups is 2. The summed E-state index contributed by atoms with van der Waals surface area (Å²) in [5.74, 6) is -0.448. The van der Waals surface area contributed by atoms with Crippen LogP contribution >= 0.6 is 0 Å². The van der Waals surface area contributed by atoms with E-state index in [-0.39, 0.29) is 6.03 Å². The Morgan fingerprint density at radius 3 is 2.79 bits per heavy atom. The van der Waals surface area contributed by atoms with Gasteiger partial charge in [0.15, 0.2) is 5.82 Å². The summed E-state index contributed by atoms with van der Waals surface area (Å²) < 4.78 is 16.0. The summed E-state index contributed by atoms with van der Waals surface area (Å²) in [5.41, 5.74) is 2.41. The molecule has 24 heavy (non-hydrogen) atoms. The maximum atomic E-state index is 14.4. The molecule has 3 rings (SSSR count). The summed E-state index contributed by atoms with van der Waals surface area (Å²) in [6.45, 7) is 4.79. The summed E-state index contributed by atoms with van der Waals surface area (Å²) >= 11 is 0. The van der Waals surface area contributed by atoms with Crippen molar-refractivity contribution in [2.24, 2.45) is 0 Å². The summed E-state index contributed by atoms with van der Waals surface area (Å²) in [4.78, 5) is 17.6. The second-order valence-corrected chi connectivity index (χ2v) is 5.93. The predicted molar refractivity (Wildman–Crippen MR) is 88.5 cm³/mol. The van der Waals surface area contributed by atoms with Crippen molar-refractivity contribution in [3.05, 3.63) is 41.5 Å². The fourth-order valence-corrected chi connectivity index (χ4v) is 2.75. The van der Waals surface area contributed by atoms with Crippen LogP contribution in [-0.2, 0) is 4.84 Å². The first kappa shape index (κ1) is 16.4. The maximum Gasteiger partial charge on any atom is 0.345 e. The molecule has 1 fully saturated rings. The van der Waals surface area contributed by atoms with Crippen LogP contribution in [0.4, 0.5) is 14.9 Å². The topological polar surface area (TPSA) is 59.4 Å². The highest BCUT2D eigenvalue weighted by Crippen LogP contribution is 2.20. The molecule has 0 unspecified atom stereocenters. The monoisotopic (exact) mass is 332 g/mol. The van der Waals surface area contributed by atoms with E-state index in [4.69, 9.17) is 4.84 Å². The van der Waals surface area contributed by atoms with E-state index in [1.807, 2.05) is 19.9 Å². The zero-order chi connectivity index (χ0) is 17.1. The number of nitrogens with zero attached hydrogens (tertiary/aromatic N) is 3. The molecule has 0 aliphatic carbocycles. The molecule has 2 amide bonds. The number of nitrogens with one attached hydrogen (secondary N) is 1. The normalized spacial score (nSPS) is 15.2. The van der Waals surface area contributed by atoms with Gasteiger partial charge in [0.05, 0.1) is 18.8 Å². The summed E-state index contributed by atoms with van der Waals surface area (Å²) in [7, 11) is 0. The van der Waals surface area contributed by atoms with Crippen LogP contribution in [0.25, 0.3) is 5.69 Å². The minimum atomic E-state index is -0.448. The zero-order valence-corrected chi connectivity index (χ0v) is 13.9. The van der Waals surface area contributed by atoms with Crippen LogP contribution < -0.4 is 5.32 Å². The third-order valence-electron chi connectivity index (χ3n) is 3.92. The Labute approximate surface area is 140 Å². The van der Waals surface area contributed by atoms with Crippen LogP contribution in [0.15, 0.2) is 24.3 Å². The lowest BCUT2D eigenvalue weighted by Crippen LogP contribution is -2.35. The van der Waals surface area contributed by atoms with Crippen molar-refractivity contribution in [1.82, 2.24) is 14.8 Å².